The van der Waals surface area contributed by atoms with Gasteiger partial charge in [-0.05, 0) is 31.0 Å². The van der Waals surface area contributed by atoms with Gasteiger partial charge < -0.3 is 15.8 Å². The van der Waals surface area contributed by atoms with Gasteiger partial charge in [0, 0.05) is 12.6 Å². The molecule has 1 aliphatic rings. The van der Waals surface area contributed by atoms with Crippen LogP contribution in [0.5, 0.6) is 5.75 Å². The number of carbonyl (C=O) groups excluding carboxylic acids is 1. The van der Waals surface area contributed by atoms with Crippen molar-refractivity contribution in [1.82, 2.24) is 4.90 Å². The highest BCUT2D eigenvalue weighted by atomic mass is 16.5. The minimum Gasteiger partial charge on any atom is -0.497 e. The molecule has 2 rings (SSSR count). The Hall–Kier alpha value is -1.75. The fraction of sp³-hybridized carbons (Fsp3) is 0.533. The van der Waals surface area contributed by atoms with E-state index < -0.39 is 0 Å². The summed E-state index contributed by atoms with van der Waals surface area (Å²) in [7, 11) is 1.59. The van der Waals surface area contributed by atoms with E-state index >= 15 is 0 Å². The molecule has 0 aliphatic carbocycles. The summed E-state index contributed by atoms with van der Waals surface area (Å²) in [6.07, 6.45) is 2.37. The first kappa shape index (κ1) is 14.7. The zero-order valence-corrected chi connectivity index (χ0v) is 12.2. The van der Waals surface area contributed by atoms with Crippen molar-refractivity contribution in [3.05, 3.63) is 18.2 Å². The predicted molar refractivity (Wildman–Crippen MR) is 80.9 cm³/mol. The van der Waals surface area contributed by atoms with E-state index in [1.165, 1.54) is 12.8 Å². The molecule has 1 amide bonds. The summed E-state index contributed by atoms with van der Waals surface area (Å²) in [5.74, 6) is 1.40. The molecular weight excluding hydrogens is 254 g/mol. The number of hydrogen-bond acceptors (Lipinski definition) is 4. The Morgan fingerprint density at radius 2 is 2.35 bits per heavy atom. The minimum absolute atomic E-state index is 0.0152. The van der Waals surface area contributed by atoms with Gasteiger partial charge in [0.05, 0.1) is 25.0 Å². The minimum atomic E-state index is -0.0152. The Morgan fingerprint density at radius 1 is 1.55 bits per heavy atom. The normalized spacial score (nSPS) is 19.0. The van der Waals surface area contributed by atoms with Crippen molar-refractivity contribution in [2.24, 2.45) is 5.92 Å². The first-order valence-electron chi connectivity index (χ1n) is 7.08. The van der Waals surface area contributed by atoms with Gasteiger partial charge >= 0.3 is 0 Å². The number of hydrogen-bond donors (Lipinski definition) is 2. The number of carbonyl (C=O) groups is 1. The summed E-state index contributed by atoms with van der Waals surface area (Å²) >= 11 is 0. The number of nitrogen functional groups attached to an aromatic ring is 1. The molecule has 0 aromatic heterocycles. The number of rotatable bonds is 5. The van der Waals surface area contributed by atoms with Crippen LogP contribution in [0.1, 0.15) is 19.8 Å². The summed E-state index contributed by atoms with van der Waals surface area (Å²) in [5.41, 5.74) is 7.05. The second-order valence-corrected chi connectivity index (χ2v) is 5.30. The van der Waals surface area contributed by atoms with Crippen LogP contribution in [0.4, 0.5) is 11.4 Å². The number of nitrogens with zero attached hydrogens (tertiary/aromatic N) is 1. The van der Waals surface area contributed by atoms with Crippen LogP contribution >= 0.6 is 0 Å². The number of anilines is 2. The molecule has 0 spiro atoms. The molecular formula is C15H23N3O2. The molecule has 5 nitrogen and oxygen atoms in total. The van der Waals surface area contributed by atoms with Crippen LogP contribution in [0.2, 0.25) is 0 Å². The van der Waals surface area contributed by atoms with Crippen molar-refractivity contribution in [1.29, 1.82) is 0 Å². The lowest BCUT2D eigenvalue weighted by Gasteiger charge is -2.16. The maximum Gasteiger partial charge on any atom is 0.238 e. The zero-order chi connectivity index (χ0) is 14.5. The summed E-state index contributed by atoms with van der Waals surface area (Å²) in [6.45, 7) is 4.65. The first-order valence-corrected chi connectivity index (χ1v) is 7.08. The van der Waals surface area contributed by atoms with Gasteiger partial charge in [0.15, 0.2) is 0 Å². The fourth-order valence-electron chi connectivity index (χ4n) is 2.56. The van der Waals surface area contributed by atoms with Gasteiger partial charge in [-0.1, -0.05) is 13.3 Å². The number of nitrogens with one attached hydrogen (secondary N) is 1. The number of amides is 1. The molecule has 1 aromatic rings. The third kappa shape index (κ3) is 3.63. The number of methoxy groups -OCH3 is 1. The second-order valence-electron chi connectivity index (χ2n) is 5.30. The Labute approximate surface area is 120 Å². The third-order valence-electron chi connectivity index (χ3n) is 3.85. The Bertz CT molecular complexity index is 476. The molecule has 20 heavy (non-hydrogen) atoms. The van der Waals surface area contributed by atoms with Crippen LogP contribution < -0.4 is 15.8 Å². The van der Waals surface area contributed by atoms with Gasteiger partial charge in [-0.3, -0.25) is 9.69 Å². The lowest BCUT2D eigenvalue weighted by molar-refractivity contribution is -0.117. The van der Waals surface area contributed by atoms with E-state index in [9.17, 15) is 4.79 Å². The topological polar surface area (TPSA) is 67.6 Å². The standard InChI is InChI=1S/C15H23N3O2/c1-3-11-6-7-18(9-11)10-15(19)17-14-5-4-12(20-2)8-13(14)16/h4-5,8,11H,3,6-7,9-10,16H2,1-2H3,(H,17,19). The predicted octanol–water partition coefficient (Wildman–Crippen LogP) is 1.95. The largest absolute Gasteiger partial charge is 0.497 e. The molecule has 1 aromatic carbocycles. The molecule has 1 unspecified atom stereocenters. The van der Waals surface area contributed by atoms with Gasteiger partial charge in [0.1, 0.15) is 5.75 Å². The second kappa shape index (κ2) is 6.61. The summed E-state index contributed by atoms with van der Waals surface area (Å²) in [5, 5.41) is 2.86. The highest BCUT2D eigenvalue weighted by Crippen LogP contribution is 2.24. The lowest BCUT2D eigenvalue weighted by Crippen LogP contribution is -2.31. The van der Waals surface area contributed by atoms with Crippen molar-refractivity contribution < 1.29 is 9.53 Å². The highest BCUT2D eigenvalue weighted by molar-refractivity contribution is 5.95. The number of nitrogens with two attached hydrogens (primary N) is 1. The van der Waals surface area contributed by atoms with Gasteiger partial charge in [-0.15, -0.1) is 0 Å². The van der Waals surface area contributed by atoms with Crippen LogP contribution in [0.15, 0.2) is 18.2 Å². The van der Waals surface area contributed by atoms with Gasteiger partial charge in [-0.25, -0.2) is 0 Å². The van der Waals surface area contributed by atoms with Crippen LogP contribution in [0.3, 0.4) is 0 Å². The molecule has 1 fully saturated rings. The fourth-order valence-corrected chi connectivity index (χ4v) is 2.56. The Balaban J connectivity index is 1.88. The van der Waals surface area contributed by atoms with E-state index in [2.05, 4.69) is 17.1 Å². The van der Waals surface area contributed by atoms with Crippen molar-refractivity contribution in [2.45, 2.75) is 19.8 Å². The average molecular weight is 277 g/mol. The Morgan fingerprint density at radius 3 is 2.95 bits per heavy atom. The third-order valence-corrected chi connectivity index (χ3v) is 3.85. The average Bonchev–Trinajstić information content (AvgIpc) is 2.88. The van der Waals surface area contributed by atoms with Crippen molar-refractivity contribution >= 4 is 17.3 Å². The van der Waals surface area contributed by atoms with Crippen LogP contribution in [0.25, 0.3) is 0 Å². The maximum atomic E-state index is 12.0. The highest BCUT2D eigenvalue weighted by Gasteiger charge is 2.22. The van der Waals surface area contributed by atoms with Gasteiger partial charge in [0.2, 0.25) is 5.91 Å². The number of likely N-dealkylation sites (tertiary alicyclic amines) is 1. The Kier molecular flexibility index (Phi) is 4.84. The molecule has 1 atom stereocenters. The quantitative estimate of drug-likeness (QED) is 0.807. The molecule has 3 N–H and O–H groups in total. The molecule has 0 radical (unpaired) electrons. The lowest BCUT2D eigenvalue weighted by atomic mass is 10.1. The van der Waals surface area contributed by atoms with Crippen LogP contribution in [-0.4, -0.2) is 37.6 Å². The number of benzene rings is 1. The maximum absolute atomic E-state index is 12.0. The van der Waals surface area contributed by atoms with Crippen LogP contribution in [-0.2, 0) is 4.79 Å². The summed E-state index contributed by atoms with van der Waals surface area (Å²) < 4.78 is 5.09. The van der Waals surface area contributed by atoms with E-state index in [4.69, 9.17) is 10.5 Å². The molecule has 0 bridgehead atoms. The SMILES string of the molecule is CCC1CCN(CC(=O)Nc2ccc(OC)cc2N)C1. The van der Waals surface area contributed by atoms with E-state index in [-0.39, 0.29) is 5.91 Å². The zero-order valence-electron chi connectivity index (χ0n) is 12.2. The van der Waals surface area contributed by atoms with Crippen molar-refractivity contribution in [3.8, 4) is 5.75 Å². The van der Waals surface area contributed by atoms with E-state index in [0.29, 0.717) is 23.7 Å². The summed E-state index contributed by atoms with van der Waals surface area (Å²) in [6, 6.07) is 5.26. The molecule has 110 valence electrons. The van der Waals surface area contributed by atoms with Crippen molar-refractivity contribution in [3.63, 3.8) is 0 Å². The monoisotopic (exact) mass is 277 g/mol. The van der Waals surface area contributed by atoms with E-state index in [0.717, 1.165) is 19.0 Å². The molecule has 5 heteroatoms. The molecule has 1 saturated heterocycles. The summed E-state index contributed by atoms with van der Waals surface area (Å²) in [4.78, 5) is 14.2. The molecule has 0 saturated carbocycles. The first-order chi connectivity index (χ1) is 9.62. The smallest absolute Gasteiger partial charge is 0.238 e. The number of ether oxygens (including phenoxy) is 1. The van der Waals surface area contributed by atoms with E-state index in [1.54, 1.807) is 25.3 Å². The van der Waals surface area contributed by atoms with Crippen molar-refractivity contribution in [2.75, 3.05) is 37.8 Å². The van der Waals surface area contributed by atoms with Gasteiger partial charge in [-0.2, -0.15) is 0 Å². The van der Waals surface area contributed by atoms with Crippen LogP contribution in [0, 0.1) is 5.92 Å². The molecule has 1 heterocycles. The molecule has 1 aliphatic heterocycles. The van der Waals surface area contributed by atoms with Gasteiger partial charge in [0.25, 0.3) is 0 Å². The van der Waals surface area contributed by atoms with E-state index in [1.807, 2.05) is 0 Å².